The van der Waals surface area contributed by atoms with Gasteiger partial charge < -0.3 is 20.7 Å². The van der Waals surface area contributed by atoms with E-state index in [4.69, 9.17) is 4.74 Å². The molecule has 1 heterocycles. The molecule has 29 heavy (non-hydrogen) atoms. The Kier molecular flexibility index (Phi) is 8.64. The highest BCUT2D eigenvalue weighted by Crippen LogP contribution is 2.14. The van der Waals surface area contributed by atoms with E-state index in [1.54, 1.807) is 6.92 Å². The highest BCUT2D eigenvalue weighted by molar-refractivity contribution is 5.92. The summed E-state index contributed by atoms with van der Waals surface area (Å²) in [5.74, 6) is -1.15. The van der Waals surface area contributed by atoms with Gasteiger partial charge in [-0.25, -0.2) is 4.79 Å². The van der Waals surface area contributed by atoms with E-state index in [2.05, 4.69) is 16.0 Å². The van der Waals surface area contributed by atoms with Gasteiger partial charge in [-0.3, -0.25) is 14.4 Å². The van der Waals surface area contributed by atoms with Crippen molar-refractivity contribution in [1.29, 1.82) is 0 Å². The van der Waals surface area contributed by atoms with Crippen molar-refractivity contribution in [2.75, 3.05) is 6.54 Å². The largest absolute Gasteiger partial charge is 0.458 e. The Morgan fingerprint density at radius 3 is 2.45 bits per heavy atom. The minimum Gasteiger partial charge on any atom is -0.458 e. The van der Waals surface area contributed by atoms with Crippen molar-refractivity contribution < 1.29 is 23.9 Å². The van der Waals surface area contributed by atoms with E-state index in [1.807, 2.05) is 30.3 Å². The Labute approximate surface area is 170 Å². The zero-order valence-electron chi connectivity index (χ0n) is 16.9. The van der Waals surface area contributed by atoms with E-state index < -0.39 is 24.0 Å². The second-order valence-corrected chi connectivity index (χ2v) is 7.23. The molecule has 3 amide bonds. The average molecular weight is 403 g/mol. The normalized spacial score (nSPS) is 18.8. The van der Waals surface area contributed by atoms with Crippen LogP contribution in [0.2, 0.25) is 0 Å². The van der Waals surface area contributed by atoms with E-state index in [1.165, 1.54) is 6.92 Å². The van der Waals surface area contributed by atoms with E-state index >= 15 is 0 Å². The van der Waals surface area contributed by atoms with Crippen molar-refractivity contribution >= 4 is 23.7 Å². The summed E-state index contributed by atoms with van der Waals surface area (Å²) in [6, 6.07) is 7.93. The lowest BCUT2D eigenvalue weighted by Crippen LogP contribution is -2.62. The van der Waals surface area contributed by atoms with Crippen LogP contribution >= 0.6 is 0 Å². The number of nitrogens with one attached hydrogen (secondary N) is 3. The fraction of sp³-hybridized carbons (Fsp3) is 0.524. The molecular formula is C21H29N3O5. The van der Waals surface area contributed by atoms with Crippen molar-refractivity contribution in [2.24, 2.45) is 0 Å². The van der Waals surface area contributed by atoms with Crippen molar-refractivity contribution in [3.63, 3.8) is 0 Å². The molecule has 1 aromatic carbocycles. The van der Waals surface area contributed by atoms with Crippen molar-refractivity contribution in [3.05, 3.63) is 35.9 Å². The first-order valence-corrected chi connectivity index (χ1v) is 9.95. The molecule has 0 saturated carbocycles. The van der Waals surface area contributed by atoms with Gasteiger partial charge in [0.15, 0.2) is 6.04 Å². The van der Waals surface area contributed by atoms with Crippen LogP contribution in [0.3, 0.4) is 0 Å². The highest BCUT2D eigenvalue weighted by Gasteiger charge is 2.41. The number of cyclic esters (lactones) is 1. The van der Waals surface area contributed by atoms with Gasteiger partial charge in [-0.2, -0.15) is 0 Å². The quantitative estimate of drug-likeness (QED) is 0.374. The molecule has 0 aromatic heterocycles. The lowest BCUT2D eigenvalue weighted by atomic mass is 10.0. The molecule has 1 aliphatic heterocycles. The Balaban J connectivity index is 1.85. The maximum Gasteiger partial charge on any atom is 0.332 e. The fourth-order valence-electron chi connectivity index (χ4n) is 3.05. The minimum absolute atomic E-state index is 0.0674. The summed E-state index contributed by atoms with van der Waals surface area (Å²) in [5, 5.41) is 8.17. The number of carbonyl (C=O) groups excluding carboxylic acids is 4. The molecule has 8 nitrogen and oxygen atoms in total. The summed E-state index contributed by atoms with van der Waals surface area (Å²) in [6.45, 7) is 3.76. The van der Waals surface area contributed by atoms with Crippen LogP contribution in [-0.2, 0) is 30.3 Å². The van der Waals surface area contributed by atoms with Crippen LogP contribution in [0.25, 0.3) is 0 Å². The molecule has 2 rings (SSSR count). The molecular weight excluding hydrogens is 374 g/mol. The predicted molar refractivity (Wildman–Crippen MR) is 107 cm³/mol. The zero-order valence-corrected chi connectivity index (χ0v) is 16.9. The molecule has 0 radical (unpaired) electrons. The van der Waals surface area contributed by atoms with Gasteiger partial charge in [0, 0.05) is 26.3 Å². The standard InChI is InChI=1S/C21H29N3O5/c1-14-19(21(28)29-14)24-20(27)17(13-16-9-5-3-6-10-16)23-18(26)11-7-4-8-12-22-15(2)25/h3,5-6,9-10,14,17,19H,4,7-8,11-13H2,1-2H3,(H,22,25)(H,23,26)(H,24,27)/t14-,17+,19+/m1/s1. The van der Waals surface area contributed by atoms with Crippen LogP contribution in [0.1, 0.15) is 45.1 Å². The van der Waals surface area contributed by atoms with Crippen LogP contribution in [0.5, 0.6) is 0 Å². The third-order valence-corrected chi connectivity index (χ3v) is 4.71. The van der Waals surface area contributed by atoms with Crippen molar-refractivity contribution in [2.45, 2.75) is 64.1 Å². The van der Waals surface area contributed by atoms with Gasteiger partial charge in [0.05, 0.1) is 0 Å². The Bertz CT molecular complexity index is 722. The maximum absolute atomic E-state index is 12.7. The highest BCUT2D eigenvalue weighted by atomic mass is 16.6. The molecule has 8 heteroatoms. The first-order valence-electron chi connectivity index (χ1n) is 9.95. The molecule has 1 fully saturated rings. The summed E-state index contributed by atoms with van der Waals surface area (Å²) < 4.78 is 4.86. The van der Waals surface area contributed by atoms with Gasteiger partial charge in [-0.15, -0.1) is 0 Å². The third kappa shape index (κ3) is 7.56. The van der Waals surface area contributed by atoms with Gasteiger partial charge >= 0.3 is 5.97 Å². The fourth-order valence-corrected chi connectivity index (χ4v) is 3.05. The number of unbranched alkanes of at least 4 members (excludes halogenated alkanes) is 2. The van der Waals surface area contributed by atoms with E-state index in [0.29, 0.717) is 25.8 Å². The second-order valence-electron chi connectivity index (χ2n) is 7.23. The number of benzene rings is 1. The smallest absolute Gasteiger partial charge is 0.332 e. The minimum atomic E-state index is -0.773. The monoisotopic (exact) mass is 403 g/mol. The summed E-state index contributed by atoms with van der Waals surface area (Å²) >= 11 is 0. The summed E-state index contributed by atoms with van der Waals surface area (Å²) in [4.78, 5) is 47.3. The Morgan fingerprint density at radius 1 is 1.10 bits per heavy atom. The summed E-state index contributed by atoms with van der Waals surface area (Å²) in [5.41, 5.74) is 0.910. The molecule has 158 valence electrons. The van der Waals surface area contributed by atoms with E-state index in [9.17, 15) is 19.2 Å². The topological polar surface area (TPSA) is 114 Å². The lowest BCUT2D eigenvalue weighted by molar-refractivity contribution is -0.176. The molecule has 0 spiro atoms. The van der Waals surface area contributed by atoms with Gasteiger partial charge in [0.1, 0.15) is 12.1 Å². The van der Waals surface area contributed by atoms with Crippen molar-refractivity contribution in [3.8, 4) is 0 Å². The molecule has 1 aromatic rings. The number of hydrogen-bond acceptors (Lipinski definition) is 5. The van der Waals surface area contributed by atoms with Crippen LogP contribution < -0.4 is 16.0 Å². The van der Waals surface area contributed by atoms with Crippen LogP contribution in [0.15, 0.2) is 30.3 Å². The lowest BCUT2D eigenvalue weighted by Gasteiger charge is -2.33. The molecule has 0 bridgehead atoms. The van der Waals surface area contributed by atoms with Crippen LogP contribution in [0, 0.1) is 0 Å². The predicted octanol–water partition coefficient (Wildman–Crippen LogP) is 0.841. The Morgan fingerprint density at radius 2 is 1.83 bits per heavy atom. The Hall–Kier alpha value is -2.90. The molecule has 1 saturated heterocycles. The first kappa shape index (κ1) is 22.4. The summed E-state index contributed by atoms with van der Waals surface area (Å²) in [6.07, 6.45) is 2.51. The summed E-state index contributed by atoms with van der Waals surface area (Å²) in [7, 11) is 0. The molecule has 0 unspecified atom stereocenters. The SMILES string of the molecule is CC(=O)NCCCCCC(=O)N[C@@H](Cc1ccccc1)C(=O)N[C@@H]1C(=O)O[C@@H]1C. The number of carbonyl (C=O) groups is 4. The molecule has 3 atom stereocenters. The van der Waals surface area contributed by atoms with Crippen LogP contribution in [-0.4, -0.2) is 48.4 Å². The van der Waals surface area contributed by atoms with E-state index in [-0.39, 0.29) is 17.9 Å². The molecule has 1 aliphatic rings. The number of esters is 1. The van der Waals surface area contributed by atoms with Gasteiger partial charge in [-0.1, -0.05) is 36.8 Å². The molecule has 0 aliphatic carbocycles. The third-order valence-electron chi connectivity index (χ3n) is 4.71. The van der Waals surface area contributed by atoms with Crippen molar-refractivity contribution in [1.82, 2.24) is 16.0 Å². The van der Waals surface area contributed by atoms with Crippen LogP contribution in [0.4, 0.5) is 0 Å². The number of amides is 3. The van der Waals surface area contributed by atoms with Gasteiger partial charge in [0.2, 0.25) is 17.7 Å². The first-order chi connectivity index (χ1) is 13.9. The van der Waals surface area contributed by atoms with E-state index in [0.717, 1.165) is 18.4 Å². The second kappa shape index (κ2) is 11.2. The number of rotatable bonds is 11. The van der Waals surface area contributed by atoms with Gasteiger partial charge in [-0.05, 0) is 25.3 Å². The van der Waals surface area contributed by atoms with Gasteiger partial charge in [0.25, 0.3) is 0 Å². The number of hydrogen-bond donors (Lipinski definition) is 3. The number of ether oxygens (including phenoxy) is 1. The zero-order chi connectivity index (χ0) is 21.2. The molecule has 3 N–H and O–H groups in total. The average Bonchev–Trinajstić information content (AvgIpc) is 2.68. The maximum atomic E-state index is 12.7.